The van der Waals surface area contributed by atoms with E-state index in [1.54, 1.807) is 24.3 Å². The lowest BCUT2D eigenvalue weighted by atomic mass is 9.84. The van der Waals surface area contributed by atoms with Gasteiger partial charge in [0, 0.05) is 5.02 Å². The predicted molar refractivity (Wildman–Crippen MR) is 71.0 cm³/mol. The van der Waals surface area contributed by atoms with Crippen molar-refractivity contribution in [1.82, 2.24) is 5.06 Å². The Labute approximate surface area is 112 Å². The van der Waals surface area contributed by atoms with Crippen molar-refractivity contribution in [1.29, 1.82) is 0 Å². The van der Waals surface area contributed by atoms with Crippen LogP contribution < -0.4 is 0 Å². The number of hydrogen-bond donors (Lipinski definition) is 1. The molecule has 1 aromatic rings. The van der Waals surface area contributed by atoms with E-state index in [2.05, 4.69) is 0 Å². The number of hydrogen-bond acceptors (Lipinski definition) is 3. The summed E-state index contributed by atoms with van der Waals surface area (Å²) >= 11 is 5.83. The number of amidine groups is 1. The molecule has 1 aromatic carbocycles. The second-order valence-electron chi connectivity index (χ2n) is 5.55. The van der Waals surface area contributed by atoms with Crippen molar-refractivity contribution < 1.29 is 9.95 Å². The highest BCUT2D eigenvalue weighted by molar-refractivity contribution is 6.30. The van der Waals surface area contributed by atoms with Crippen LogP contribution in [0.15, 0.2) is 24.3 Å². The molecule has 0 unspecified atom stereocenters. The molecule has 1 aliphatic rings. The fourth-order valence-electron chi connectivity index (χ4n) is 1.96. The number of benzene rings is 1. The van der Waals surface area contributed by atoms with Crippen LogP contribution in [-0.4, -0.2) is 31.9 Å². The van der Waals surface area contributed by atoms with E-state index in [9.17, 15) is 10.4 Å². The van der Waals surface area contributed by atoms with Gasteiger partial charge in [0.1, 0.15) is 5.54 Å². The number of nitrogens with zero attached hydrogens (tertiary/aromatic N) is 2. The third-order valence-electron chi connectivity index (χ3n) is 4.03. The van der Waals surface area contributed by atoms with Crippen molar-refractivity contribution in [3.05, 3.63) is 40.1 Å². The Hall–Kier alpha value is -1.26. The minimum Gasteiger partial charge on any atom is -0.714 e. The molecule has 1 aliphatic heterocycles. The first-order valence-corrected chi connectivity index (χ1v) is 6.17. The summed E-state index contributed by atoms with van der Waals surface area (Å²) < 4.78 is 0.857. The van der Waals surface area contributed by atoms with Gasteiger partial charge < -0.3 is 5.21 Å². The van der Waals surface area contributed by atoms with Gasteiger partial charge in [0.05, 0.1) is 5.56 Å². The van der Waals surface area contributed by atoms with Crippen LogP contribution in [0.2, 0.25) is 5.02 Å². The van der Waals surface area contributed by atoms with E-state index in [0.717, 1.165) is 9.80 Å². The molecule has 0 saturated heterocycles. The van der Waals surface area contributed by atoms with Crippen molar-refractivity contribution >= 4 is 17.4 Å². The highest BCUT2D eigenvalue weighted by Crippen LogP contribution is 2.37. The summed E-state index contributed by atoms with van der Waals surface area (Å²) in [5.74, 6) is 0.252. The molecule has 0 spiro atoms. The van der Waals surface area contributed by atoms with Gasteiger partial charge in [0.2, 0.25) is 0 Å². The smallest absolute Gasteiger partial charge is 0.313 e. The van der Waals surface area contributed by atoms with E-state index < -0.39 is 11.1 Å². The molecule has 2 rings (SSSR count). The highest BCUT2D eigenvalue weighted by atomic mass is 35.5. The lowest BCUT2D eigenvalue weighted by Gasteiger charge is -2.33. The molecule has 98 valence electrons. The zero-order valence-electron chi connectivity index (χ0n) is 10.9. The monoisotopic (exact) mass is 268 g/mol. The predicted octanol–water partition coefficient (Wildman–Crippen LogP) is 2.86. The Kier molecular flexibility index (Phi) is 2.83. The van der Waals surface area contributed by atoms with E-state index in [-0.39, 0.29) is 5.84 Å². The van der Waals surface area contributed by atoms with E-state index >= 15 is 0 Å². The third-order valence-corrected chi connectivity index (χ3v) is 4.28. The van der Waals surface area contributed by atoms with Crippen molar-refractivity contribution in [2.75, 3.05) is 0 Å². The fraction of sp³-hybridized carbons (Fsp3) is 0.462. The van der Waals surface area contributed by atoms with Crippen LogP contribution in [0, 0.1) is 5.21 Å². The Bertz CT molecular complexity index is 506. The molecule has 0 fully saturated rings. The van der Waals surface area contributed by atoms with Crippen LogP contribution in [0.3, 0.4) is 0 Å². The molecule has 0 aromatic heterocycles. The summed E-state index contributed by atoms with van der Waals surface area (Å²) in [5, 5.41) is 24.3. The fourth-order valence-corrected chi connectivity index (χ4v) is 2.09. The van der Waals surface area contributed by atoms with Gasteiger partial charge in [-0.1, -0.05) is 11.6 Å². The van der Waals surface area contributed by atoms with Gasteiger partial charge in [-0.15, -0.1) is 5.06 Å². The molecule has 1 N–H and O–H groups in total. The largest absolute Gasteiger partial charge is 0.714 e. The van der Waals surface area contributed by atoms with Crippen LogP contribution in [0.5, 0.6) is 0 Å². The van der Waals surface area contributed by atoms with Crippen LogP contribution in [-0.2, 0) is 0 Å². The van der Waals surface area contributed by atoms with Gasteiger partial charge in [0.25, 0.3) is 0 Å². The first kappa shape index (κ1) is 13.2. The van der Waals surface area contributed by atoms with Crippen molar-refractivity contribution in [2.24, 2.45) is 0 Å². The summed E-state index contributed by atoms with van der Waals surface area (Å²) in [7, 11) is 0. The Morgan fingerprint density at radius 2 is 1.67 bits per heavy atom. The minimum atomic E-state index is -0.725. The first-order chi connectivity index (χ1) is 8.19. The summed E-state index contributed by atoms with van der Waals surface area (Å²) in [4.78, 5) is 0. The maximum Gasteiger partial charge on any atom is 0.313 e. The second-order valence-corrected chi connectivity index (χ2v) is 5.99. The van der Waals surface area contributed by atoms with Crippen LogP contribution in [0.1, 0.15) is 33.3 Å². The molecule has 0 atom stereocenters. The molecule has 0 saturated carbocycles. The molecular weight excluding hydrogens is 252 g/mol. The minimum absolute atomic E-state index is 0.252. The molecular formula is C13H17ClN2O2. The van der Waals surface area contributed by atoms with Gasteiger partial charge in [-0.2, -0.15) is 0 Å². The van der Waals surface area contributed by atoms with Gasteiger partial charge in [-0.05, 0) is 52.0 Å². The average molecular weight is 269 g/mol. The molecule has 18 heavy (non-hydrogen) atoms. The Morgan fingerprint density at radius 3 is 2.06 bits per heavy atom. The maximum atomic E-state index is 12.4. The first-order valence-electron chi connectivity index (χ1n) is 5.79. The summed E-state index contributed by atoms with van der Waals surface area (Å²) in [6, 6.07) is 6.85. The number of halogens is 1. The number of hydroxylamine groups is 3. The third kappa shape index (κ3) is 1.60. The quantitative estimate of drug-likeness (QED) is 0.629. The maximum absolute atomic E-state index is 12.4. The highest BCUT2D eigenvalue weighted by Gasteiger charge is 2.58. The summed E-state index contributed by atoms with van der Waals surface area (Å²) in [5.41, 5.74) is -0.754. The van der Waals surface area contributed by atoms with Crippen LogP contribution >= 0.6 is 11.6 Å². The van der Waals surface area contributed by atoms with Gasteiger partial charge in [-0.25, -0.2) is 5.21 Å². The molecule has 0 bridgehead atoms. The zero-order chi connectivity index (χ0) is 13.7. The van der Waals surface area contributed by atoms with Gasteiger partial charge in [-0.3, -0.25) is 4.74 Å². The van der Waals surface area contributed by atoms with E-state index in [1.165, 1.54) is 0 Å². The van der Waals surface area contributed by atoms with E-state index in [1.807, 2.05) is 27.7 Å². The molecule has 0 radical (unpaired) electrons. The molecule has 5 heteroatoms. The summed E-state index contributed by atoms with van der Waals surface area (Å²) in [6.07, 6.45) is 0. The zero-order valence-corrected chi connectivity index (χ0v) is 11.7. The van der Waals surface area contributed by atoms with Crippen molar-refractivity contribution in [3.8, 4) is 0 Å². The van der Waals surface area contributed by atoms with Gasteiger partial charge >= 0.3 is 5.84 Å². The Morgan fingerprint density at radius 1 is 1.17 bits per heavy atom. The molecule has 0 amide bonds. The van der Waals surface area contributed by atoms with Crippen LogP contribution in [0.4, 0.5) is 0 Å². The van der Waals surface area contributed by atoms with E-state index in [4.69, 9.17) is 11.6 Å². The van der Waals surface area contributed by atoms with Crippen molar-refractivity contribution in [2.45, 2.75) is 38.8 Å². The Balaban J connectivity index is 2.57. The SMILES string of the molecule is CC1(C)N(O)C(c2ccc(Cl)cc2)=[N+]([O-])C1(C)C. The van der Waals surface area contributed by atoms with E-state index in [0.29, 0.717) is 10.6 Å². The normalized spacial score (nSPS) is 21.6. The molecule has 4 nitrogen and oxygen atoms in total. The van der Waals surface area contributed by atoms with Crippen LogP contribution in [0.25, 0.3) is 0 Å². The standard InChI is InChI=1S/C13H17ClN2O2/c1-12(2)13(3,4)16(18)11(15(12)17)9-5-7-10(14)8-6-9/h5-8,17H,1-4H3. The second kappa shape index (κ2) is 3.87. The average Bonchev–Trinajstić information content (AvgIpc) is 2.41. The number of rotatable bonds is 1. The molecule has 1 heterocycles. The lowest BCUT2D eigenvalue weighted by molar-refractivity contribution is -0.539. The molecule has 0 aliphatic carbocycles. The lowest BCUT2D eigenvalue weighted by Crippen LogP contribution is -2.53. The van der Waals surface area contributed by atoms with Gasteiger partial charge in [0.15, 0.2) is 5.54 Å². The summed E-state index contributed by atoms with van der Waals surface area (Å²) in [6.45, 7) is 7.29. The topological polar surface area (TPSA) is 49.5 Å². The van der Waals surface area contributed by atoms with Crippen molar-refractivity contribution in [3.63, 3.8) is 0 Å².